The van der Waals surface area contributed by atoms with Gasteiger partial charge in [-0.15, -0.1) is 0 Å². The first-order valence-electron chi connectivity index (χ1n) is 3.36. The predicted molar refractivity (Wildman–Crippen MR) is 41.7 cm³/mol. The highest BCUT2D eigenvalue weighted by molar-refractivity contribution is 8.00. The second kappa shape index (κ2) is 2.17. The average molecular weight is 146 g/mol. The van der Waals surface area contributed by atoms with Crippen molar-refractivity contribution in [2.75, 3.05) is 5.75 Å². The lowest BCUT2D eigenvalue weighted by molar-refractivity contribution is 0.108. The summed E-state index contributed by atoms with van der Waals surface area (Å²) in [6.45, 7) is 6.31. The Hall–Kier alpha value is 0.310. The van der Waals surface area contributed by atoms with Crippen molar-refractivity contribution in [2.45, 2.75) is 31.6 Å². The van der Waals surface area contributed by atoms with E-state index in [1.165, 1.54) is 0 Å². The standard InChI is InChI=1S/C7H14OS/c1-5-4-9-7(2,3)6(5)8/h5-6,8H,4H2,1-3H3. The van der Waals surface area contributed by atoms with Crippen LogP contribution in [0, 0.1) is 5.92 Å². The third-order valence-corrected chi connectivity index (χ3v) is 3.65. The second-order valence-corrected chi connectivity index (χ2v) is 5.01. The smallest absolute Gasteiger partial charge is 0.0714 e. The van der Waals surface area contributed by atoms with Gasteiger partial charge in [-0.3, -0.25) is 0 Å². The fraction of sp³-hybridized carbons (Fsp3) is 1.00. The summed E-state index contributed by atoms with van der Waals surface area (Å²) in [7, 11) is 0. The minimum absolute atomic E-state index is 0.0966. The minimum Gasteiger partial charge on any atom is -0.391 e. The molecule has 0 bridgehead atoms. The zero-order valence-electron chi connectivity index (χ0n) is 6.22. The minimum atomic E-state index is -0.109. The van der Waals surface area contributed by atoms with Crippen molar-refractivity contribution < 1.29 is 5.11 Å². The molecule has 1 heterocycles. The summed E-state index contributed by atoms with van der Waals surface area (Å²) < 4.78 is 0.0966. The van der Waals surface area contributed by atoms with Gasteiger partial charge in [0.25, 0.3) is 0 Å². The predicted octanol–water partition coefficient (Wildman–Crippen LogP) is 1.51. The van der Waals surface area contributed by atoms with Crippen LogP contribution in [-0.2, 0) is 0 Å². The molecule has 0 aromatic carbocycles. The van der Waals surface area contributed by atoms with Gasteiger partial charge in [0.2, 0.25) is 0 Å². The van der Waals surface area contributed by atoms with Crippen molar-refractivity contribution >= 4 is 11.8 Å². The number of hydrogen-bond acceptors (Lipinski definition) is 2. The van der Waals surface area contributed by atoms with Crippen LogP contribution in [0.25, 0.3) is 0 Å². The van der Waals surface area contributed by atoms with Crippen LogP contribution in [0.3, 0.4) is 0 Å². The summed E-state index contributed by atoms with van der Waals surface area (Å²) in [5.41, 5.74) is 0. The van der Waals surface area contributed by atoms with Crippen molar-refractivity contribution in [2.24, 2.45) is 5.92 Å². The van der Waals surface area contributed by atoms with E-state index >= 15 is 0 Å². The number of rotatable bonds is 0. The van der Waals surface area contributed by atoms with Crippen molar-refractivity contribution in [3.8, 4) is 0 Å². The first kappa shape index (κ1) is 7.42. The van der Waals surface area contributed by atoms with E-state index in [0.717, 1.165) is 5.75 Å². The summed E-state index contributed by atoms with van der Waals surface area (Å²) in [6, 6.07) is 0. The summed E-state index contributed by atoms with van der Waals surface area (Å²) in [6.07, 6.45) is -0.109. The number of aliphatic hydroxyl groups excluding tert-OH is 1. The molecule has 0 radical (unpaired) electrons. The van der Waals surface area contributed by atoms with Crippen molar-refractivity contribution in [3.05, 3.63) is 0 Å². The van der Waals surface area contributed by atoms with E-state index in [1.807, 2.05) is 11.8 Å². The molecule has 0 amide bonds. The normalized spacial score (nSPS) is 41.3. The Kier molecular flexibility index (Phi) is 1.79. The van der Waals surface area contributed by atoms with Gasteiger partial charge in [-0.1, -0.05) is 6.92 Å². The van der Waals surface area contributed by atoms with Crippen LogP contribution in [0.5, 0.6) is 0 Å². The van der Waals surface area contributed by atoms with Gasteiger partial charge in [0.05, 0.1) is 6.10 Å². The van der Waals surface area contributed by atoms with Crippen LogP contribution in [0.15, 0.2) is 0 Å². The Balaban J connectivity index is 2.62. The molecule has 54 valence electrons. The molecule has 0 spiro atoms. The molecule has 1 N–H and O–H groups in total. The molecule has 0 saturated carbocycles. The van der Waals surface area contributed by atoms with Gasteiger partial charge in [-0.05, 0) is 25.5 Å². The molecular formula is C7H14OS. The van der Waals surface area contributed by atoms with E-state index in [0.29, 0.717) is 5.92 Å². The molecule has 1 nitrogen and oxygen atoms in total. The SMILES string of the molecule is CC1CSC(C)(C)C1O. The lowest BCUT2D eigenvalue weighted by Crippen LogP contribution is -2.31. The molecule has 1 aliphatic heterocycles. The van der Waals surface area contributed by atoms with E-state index in [9.17, 15) is 5.11 Å². The van der Waals surface area contributed by atoms with Crippen LogP contribution >= 0.6 is 11.8 Å². The summed E-state index contributed by atoms with van der Waals surface area (Å²) in [5, 5.41) is 9.50. The molecule has 0 aromatic heterocycles. The van der Waals surface area contributed by atoms with Gasteiger partial charge in [-0.2, -0.15) is 11.8 Å². The monoisotopic (exact) mass is 146 g/mol. The summed E-state index contributed by atoms with van der Waals surface area (Å²) in [5.74, 6) is 1.58. The highest BCUT2D eigenvalue weighted by atomic mass is 32.2. The van der Waals surface area contributed by atoms with E-state index in [2.05, 4.69) is 20.8 Å². The van der Waals surface area contributed by atoms with Crippen LogP contribution in [-0.4, -0.2) is 21.7 Å². The maximum absolute atomic E-state index is 9.50. The first-order valence-corrected chi connectivity index (χ1v) is 4.34. The molecule has 2 unspecified atom stereocenters. The quantitative estimate of drug-likeness (QED) is 0.559. The Morgan fingerprint density at radius 2 is 2.11 bits per heavy atom. The Morgan fingerprint density at radius 1 is 1.56 bits per heavy atom. The zero-order chi connectivity index (χ0) is 7.07. The van der Waals surface area contributed by atoms with Gasteiger partial charge in [-0.25, -0.2) is 0 Å². The van der Waals surface area contributed by atoms with Gasteiger partial charge >= 0.3 is 0 Å². The van der Waals surface area contributed by atoms with Crippen LogP contribution < -0.4 is 0 Å². The maximum Gasteiger partial charge on any atom is 0.0714 e. The molecule has 0 aromatic rings. The van der Waals surface area contributed by atoms with Gasteiger partial charge in [0.15, 0.2) is 0 Å². The number of thioether (sulfide) groups is 1. The van der Waals surface area contributed by atoms with Gasteiger partial charge in [0.1, 0.15) is 0 Å². The molecule has 2 heteroatoms. The fourth-order valence-electron chi connectivity index (χ4n) is 1.21. The molecule has 2 atom stereocenters. The summed E-state index contributed by atoms with van der Waals surface area (Å²) >= 11 is 1.87. The van der Waals surface area contributed by atoms with Crippen molar-refractivity contribution in [3.63, 3.8) is 0 Å². The van der Waals surface area contributed by atoms with Crippen LogP contribution in [0.4, 0.5) is 0 Å². The summed E-state index contributed by atoms with van der Waals surface area (Å²) in [4.78, 5) is 0. The largest absolute Gasteiger partial charge is 0.391 e. The third kappa shape index (κ3) is 1.24. The third-order valence-electron chi connectivity index (χ3n) is 1.97. The van der Waals surface area contributed by atoms with Crippen LogP contribution in [0.1, 0.15) is 20.8 Å². The molecule has 0 aliphatic carbocycles. The lowest BCUT2D eigenvalue weighted by atomic mass is 9.97. The second-order valence-electron chi connectivity index (χ2n) is 3.34. The molecule has 9 heavy (non-hydrogen) atoms. The Morgan fingerprint density at radius 3 is 2.22 bits per heavy atom. The van der Waals surface area contributed by atoms with E-state index in [1.54, 1.807) is 0 Å². The van der Waals surface area contributed by atoms with E-state index in [-0.39, 0.29) is 10.9 Å². The molecular weight excluding hydrogens is 132 g/mol. The first-order chi connectivity index (χ1) is 4.04. The van der Waals surface area contributed by atoms with E-state index < -0.39 is 0 Å². The molecule has 1 saturated heterocycles. The van der Waals surface area contributed by atoms with Crippen LogP contribution in [0.2, 0.25) is 0 Å². The highest BCUT2D eigenvalue weighted by Gasteiger charge is 2.38. The topological polar surface area (TPSA) is 20.2 Å². The van der Waals surface area contributed by atoms with Crippen molar-refractivity contribution in [1.29, 1.82) is 0 Å². The van der Waals surface area contributed by atoms with Gasteiger partial charge in [0, 0.05) is 4.75 Å². The van der Waals surface area contributed by atoms with E-state index in [4.69, 9.17) is 0 Å². The molecule has 1 fully saturated rings. The number of hydrogen-bond donors (Lipinski definition) is 1. The van der Waals surface area contributed by atoms with Gasteiger partial charge < -0.3 is 5.11 Å². The lowest BCUT2D eigenvalue weighted by Gasteiger charge is -2.22. The average Bonchev–Trinajstić information content (AvgIpc) is 1.97. The van der Waals surface area contributed by atoms with Crippen molar-refractivity contribution in [1.82, 2.24) is 0 Å². The highest BCUT2D eigenvalue weighted by Crippen LogP contribution is 2.40. The molecule has 1 rings (SSSR count). The zero-order valence-corrected chi connectivity index (χ0v) is 7.03. The Bertz CT molecular complexity index is 111. The maximum atomic E-state index is 9.50. The fourth-order valence-corrected chi connectivity index (χ4v) is 2.49. The number of aliphatic hydroxyl groups is 1. The molecule has 1 aliphatic rings. The Labute approximate surface area is 60.8 Å².